The highest BCUT2D eigenvalue weighted by Gasteiger charge is 2.15. The number of benzene rings is 2. The highest BCUT2D eigenvalue weighted by molar-refractivity contribution is 6.33. The minimum atomic E-state index is -0.198. The summed E-state index contributed by atoms with van der Waals surface area (Å²) in [5, 5.41) is 6.07. The van der Waals surface area contributed by atoms with Crippen molar-refractivity contribution in [3.05, 3.63) is 59.1 Å². The predicted molar refractivity (Wildman–Crippen MR) is 102 cm³/mol. The SMILES string of the molecule is COc1cccc(CNC(=O)C[NH+](C)CC(=O)Nc2ccccc2Cl)c1. The van der Waals surface area contributed by atoms with Crippen molar-refractivity contribution in [2.75, 3.05) is 32.6 Å². The van der Waals surface area contributed by atoms with E-state index in [9.17, 15) is 9.59 Å². The molecule has 7 heteroatoms. The van der Waals surface area contributed by atoms with Gasteiger partial charge in [0.15, 0.2) is 13.1 Å². The van der Waals surface area contributed by atoms with Gasteiger partial charge in [0.05, 0.1) is 24.9 Å². The lowest BCUT2D eigenvalue weighted by Gasteiger charge is -2.14. The van der Waals surface area contributed by atoms with Gasteiger partial charge in [-0.25, -0.2) is 0 Å². The Bertz CT molecular complexity index is 767. The number of hydrogen-bond acceptors (Lipinski definition) is 3. The van der Waals surface area contributed by atoms with Crippen LogP contribution < -0.4 is 20.3 Å². The number of para-hydroxylation sites is 1. The molecule has 2 aromatic rings. The minimum Gasteiger partial charge on any atom is -0.497 e. The number of quaternary nitrogens is 1. The second kappa shape index (κ2) is 9.79. The molecule has 6 nitrogen and oxygen atoms in total. The summed E-state index contributed by atoms with van der Waals surface area (Å²) < 4.78 is 5.16. The molecule has 0 fully saturated rings. The number of carbonyl (C=O) groups is 2. The summed E-state index contributed by atoms with van der Waals surface area (Å²) in [7, 11) is 3.39. The van der Waals surface area contributed by atoms with Crippen LogP contribution in [0.15, 0.2) is 48.5 Å². The zero-order chi connectivity index (χ0) is 18.9. The fraction of sp³-hybridized carbons (Fsp3) is 0.263. The largest absolute Gasteiger partial charge is 0.497 e. The van der Waals surface area contributed by atoms with E-state index >= 15 is 0 Å². The molecular weight excluding hydrogens is 354 g/mol. The maximum atomic E-state index is 12.1. The number of likely N-dealkylation sites (N-methyl/N-ethyl adjacent to an activating group) is 1. The number of amides is 2. The van der Waals surface area contributed by atoms with Crippen molar-refractivity contribution in [1.29, 1.82) is 0 Å². The van der Waals surface area contributed by atoms with E-state index in [1.807, 2.05) is 24.3 Å². The van der Waals surface area contributed by atoms with Crippen molar-refractivity contribution < 1.29 is 19.2 Å². The highest BCUT2D eigenvalue weighted by atomic mass is 35.5. The number of methoxy groups -OCH3 is 1. The Morgan fingerprint density at radius 3 is 2.54 bits per heavy atom. The molecule has 0 saturated heterocycles. The van der Waals surface area contributed by atoms with Crippen LogP contribution in [0.1, 0.15) is 5.56 Å². The monoisotopic (exact) mass is 376 g/mol. The molecule has 0 saturated carbocycles. The first-order valence-electron chi connectivity index (χ1n) is 8.23. The van der Waals surface area contributed by atoms with Crippen LogP contribution in [-0.2, 0) is 16.1 Å². The van der Waals surface area contributed by atoms with Crippen LogP contribution in [-0.4, -0.2) is 39.1 Å². The van der Waals surface area contributed by atoms with Gasteiger partial charge in [-0.05, 0) is 29.8 Å². The van der Waals surface area contributed by atoms with Gasteiger partial charge < -0.3 is 20.3 Å². The van der Waals surface area contributed by atoms with E-state index in [-0.39, 0.29) is 24.9 Å². The molecule has 0 aliphatic heterocycles. The van der Waals surface area contributed by atoms with Gasteiger partial charge in [0.25, 0.3) is 11.8 Å². The number of anilines is 1. The molecule has 138 valence electrons. The van der Waals surface area contributed by atoms with E-state index in [2.05, 4.69) is 10.6 Å². The van der Waals surface area contributed by atoms with Gasteiger partial charge in [-0.3, -0.25) is 9.59 Å². The van der Waals surface area contributed by atoms with Crippen molar-refractivity contribution in [3.8, 4) is 5.75 Å². The molecule has 0 radical (unpaired) electrons. The molecule has 26 heavy (non-hydrogen) atoms. The van der Waals surface area contributed by atoms with E-state index < -0.39 is 0 Å². The van der Waals surface area contributed by atoms with Gasteiger partial charge >= 0.3 is 0 Å². The van der Waals surface area contributed by atoms with Crippen LogP contribution in [0.25, 0.3) is 0 Å². The quantitative estimate of drug-likeness (QED) is 0.646. The van der Waals surface area contributed by atoms with Gasteiger partial charge in [0, 0.05) is 6.54 Å². The first kappa shape index (κ1) is 19.8. The van der Waals surface area contributed by atoms with E-state index in [0.29, 0.717) is 17.3 Å². The number of hydrogen-bond donors (Lipinski definition) is 3. The van der Waals surface area contributed by atoms with Crippen LogP contribution >= 0.6 is 11.6 Å². The van der Waals surface area contributed by atoms with Crippen molar-refractivity contribution >= 4 is 29.1 Å². The molecule has 0 spiro atoms. The lowest BCUT2D eigenvalue weighted by Crippen LogP contribution is -3.11. The molecule has 0 aromatic heterocycles. The standard InChI is InChI=1S/C19H22ClN3O3/c1-23(13-19(25)22-17-9-4-3-8-16(17)20)12-18(24)21-11-14-6-5-7-15(10-14)26-2/h3-10H,11-13H2,1-2H3,(H,21,24)(H,22,25)/p+1. The Balaban J connectivity index is 1.76. The summed E-state index contributed by atoms with van der Waals surface area (Å²) in [6.07, 6.45) is 0. The van der Waals surface area contributed by atoms with Gasteiger partial charge in [0.2, 0.25) is 0 Å². The van der Waals surface area contributed by atoms with Gasteiger partial charge in [-0.15, -0.1) is 0 Å². The summed E-state index contributed by atoms with van der Waals surface area (Å²) in [5.74, 6) is 0.419. The first-order chi connectivity index (χ1) is 12.5. The fourth-order valence-corrected chi connectivity index (χ4v) is 2.60. The van der Waals surface area contributed by atoms with E-state index in [1.54, 1.807) is 38.4 Å². The minimum absolute atomic E-state index is 0.129. The second-order valence-corrected chi connectivity index (χ2v) is 6.37. The zero-order valence-electron chi connectivity index (χ0n) is 14.8. The fourth-order valence-electron chi connectivity index (χ4n) is 2.41. The highest BCUT2D eigenvalue weighted by Crippen LogP contribution is 2.19. The number of nitrogens with one attached hydrogen (secondary N) is 3. The third kappa shape index (κ3) is 6.38. The van der Waals surface area contributed by atoms with Crippen LogP contribution in [0.5, 0.6) is 5.75 Å². The third-order valence-electron chi connectivity index (χ3n) is 3.70. The molecule has 1 unspecified atom stereocenters. The van der Waals surface area contributed by atoms with E-state index in [0.717, 1.165) is 16.2 Å². The van der Waals surface area contributed by atoms with Crippen LogP contribution in [0, 0.1) is 0 Å². The van der Waals surface area contributed by atoms with Crippen LogP contribution in [0.4, 0.5) is 5.69 Å². The Labute approximate surface area is 158 Å². The lowest BCUT2D eigenvalue weighted by molar-refractivity contribution is -0.862. The summed E-state index contributed by atoms with van der Waals surface area (Å²) in [6.45, 7) is 0.771. The van der Waals surface area contributed by atoms with Crippen LogP contribution in [0.2, 0.25) is 5.02 Å². The van der Waals surface area contributed by atoms with Crippen LogP contribution in [0.3, 0.4) is 0 Å². The second-order valence-electron chi connectivity index (χ2n) is 5.97. The van der Waals surface area contributed by atoms with Gasteiger partial charge in [-0.2, -0.15) is 0 Å². The summed E-state index contributed by atoms with van der Waals surface area (Å²) in [5.41, 5.74) is 1.52. The molecule has 0 aliphatic carbocycles. The summed E-state index contributed by atoms with van der Waals surface area (Å²) in [6, 6.07) is 14.5. The molecule has 3 N–H and O–H groups in total. The lowest BCUT2D eigenvalue weighted by atomic mass is 10.2. The average Bonchev–Trinajstić information content (AvgIpc) is 2.62. The Hall–Kier alpha value is -2.57. The average molecular weight is 377 g/mol. The Morgan fingerprint density at radius 2 is 1.81 bits per heavy atom. The molecule has 2 rings (SSSR count). The maximum absolute atomic E-state index is 12.1. The Kier molecular flexibility index (Phi) is 7.44. The molecule has 0 heterocycles. The molecule has 0 aliphatic rings. The van der Waals surface area contributed by atoms with E-state index in [4.69, 9.17) is 16.3 Å². The number of ether oxygens (including phenoxy) is 1. The normalized spacial score (nSPS) is 11.5. The number of carbonyl (C=O) groups excluding carboxylic acids is 2. The topological polar surface area (TPSA) is 71.9 Å². The van der Waals surface area contributed by atoms with Crippen molar-refractivity contribution in [2.24, 2.45) is 0 Å². The van der Waals surface area contributed by atoms with Gasteiger partial charge in [-0.1, -0.05) is 35.9 Å². The van der Waals surface area contributed by atoms with E-state index in [1.165, 1.54) is 0 Å². The molecule has 1 atom stereocenters. The molecule has 0 bridgehead atoms. The van der Waals surface area contributed by atoms with Crippen molar-refractivity contribution in [3.63, 3.8) is 0 Å². The smallest absolute Gasteiger partial charge is 0.279 e. The number of rotatable bonds is 8. The van der Waals surface area contributed by atoms with Crippen molar-refractivity contribution in [1.82, 2.24) is 5.32 Å². The predicted octanol–water partition coefficient (Wildman–Crippen LogP) is 1.12. The zero-order valence-corrected chi connectivity index (χ0v) is 15.6. The van der Waals surface area contributed by atoms with Crippen molar-refractivity contribution in [2.45, 2.75) is 6.54 Å². The molecule has 2 amide bonds. The maximum Gasteiger partial charge on any atom is 0.279 e. The Morgan fingerprint density at radius 1 is 1.08 bits per heavy atom. The summed E-state index contributed by atoms with van der Waals surface area (Å²) in [4.78, 5) is 24.9. The van der Waals surface area contributed by atoms with Gasteiger partial charge in [0.1, 0.15) is 5.75 Å². The molecular formula is C19H23ClN3O3+. The molecule has 2 aromatic carbocycles. The number of halogens is 1. The third-order valence-corrected chi connectivity index (χ3v) is 4.03. The summed E-state index contributed by atoms with van der Waals surface area (Å²) >= 11 is 6.02. The first-order valence-corrected chi connectivity index (χ1v) is 8.61.